The van der Waals surface area contributed by atoms with Crippen LogP contribution in [0, 0.1) is 0 Å². The Kier molecular flexibility index (Phi) is 6.41. The minimum atomic E-state index is -1.50. The number of hydrogen-bond acceptors (Lipinski definition) is 8. The highest BCUT2D eigenvalue weighted by Crippen LogP contribution is 2.35. The minimum Gasteiger partial charge on any atom is -0.508 e. The van der Waals surface area contributed by atoms with E-state index in [2.05, 4.69) is 0 Å². The van der Waals surface area contributed by atoms with Crippen LogP contribution in [0.3, 0.4) is 0 Å². The molecule has 0 aliphatic carbocycles. The molecule has 0 amide bonds. The molecule has 1 fully saturated rings. The van der Waals surface area contributed by atoms with Crippen molar-refractivity contribution >= 4 is 12.2 Å². The van der Waals surface area contributed by atoms with E-state index in [1.807, 2.05) is 0 Å². The average molecular weight is 404 g/mol. The van der Waals surface area contributed by atoms with Gasteiger partial charge in [0.25, 0.3) is 0 Å². The number of aromatic hydroxyl groups is 2. The second-order valence-corrected chi connectivity index (χ2v) is 6.87. The number of aliphatic hydroxyl groups is 4. The van der Waals surface area contributed by atoms with E-state index in [1.165, 1.54) is 25.3 Å². The van der Waals surface area contributed by atoms with Gasteiger partial charge in [-0.2, -0.15) is 0 Å². The fourth-order valence-electron chi connectivity index (χ4n) is 3.29. The van der Waals surface area contributed by atoms with Crippen LogP contribution in [-0.4, -0.2) is 68.8 Å². The molecule has 1 aliphatic rings. The lowest BCUT2D eigenvalue weighted by atomic mass is 9.90. The zero-order valence-electron chi connectivity index (χ0n) is 15.7. The maximum absolute atomic E-state index is 10.3. The fraction of sp³-hybridized carbons (Fsp3) is 0.333. The lowest BCUT2D eigenvalue weighted by Gasteiger charge is -2.40. The van der Waals surface area contributed by atoms with Gasteiger partial charge in [0.05, 0.1) is 13.7 Å². The Morgan fingerprint density at radius 1 is 0.931 bits per heavy atom. The van der Waals surface area contributed by atoms with Crippen molar-refractivity contribution in [3.05, 3.63) is 53.1 Å². The average Bonchev–Trinajstić information content (AvgIpc) is 2.71. The van der Waals surface area contributed by atoms with E-state index < -0.39 is 37.1 Å². The Balaban J connectivity index is 1.88. The van der Waals surface area contributed by atoms with Crippen LogP contribution in [-0.2, 0) is 4.74 Å². The van der Waals surface area contributed by atoms with Gasteiger partial charge in [-0.05, 0) is 47.0 Å². The molecule has 0 saturated carbocycles. The third kappa shape index (κ3) is 4.52. The maximum Gasteiger partial charge on any atom is 0.161 e. The van der Waals surface area contributed by atoms with Gasteiger partial charge >= 0.3 is 0 Å². The highest BCUT2D eigenvalue weighted by atomic mass is 16.5. The first-order valence-electron chi connectivity index (χ1n) is 9.03. The molecule has 0 spiro atoms. The number of phenolic OH excluding ortho intramolecular Hbond substituents is 2. The Labute approximate surface area is 167 Å². The van der Waals surface area contributed by atoms with Gasteiger partial charge in [0.1, 0.15) is 36.3 Å². The molecule has 0 radical (unpaired) electrons. The van der Waals surface area contributed by atoms with Crippen LogP contribution in [0.15, 0.2) is 36.4 Å². The Hall–Kier alpha value is -2.62. The van der Waals surface area contributed by atoms with E-state index in [-0.39, 0.29) is 11.5 Å². The second kappa shape index (κ2) is 8.81. The van der Waals surface area contributed by atoms with Crippen LogP contribution in [0.25, 0.3) is 12.2 Å². The molecule has 2 aromatic carbocycles. The van der Waals surface area contributed by atoms with Crippen LogP contribution in [0.5, 0.6) is 17.2 Å². The fourth-order valence-corrected chi connectivity index (χ4v) is 3.29. The number of methoxy groups -OCH3 is 1. The molecule has 8 heteroatoms. The summed E-state index contributed by atoms with van der Waals surface area (Å²) in [5, 5.41) is 59.3. The van der Waals surface area contributed by atoms with Gasteiger partial charge in [-0.1, -0.05) is 18.2 Å². The molecule has 0 aromatic heterocycles. The minimum absolute atomic E-state index is 0.0203. The van der Waals surface area contributed by atoms with Crippen molar-refractivity contribution in [2.24, 2.45) is 0 Å². The lowest BCUT2D eigenvalue weighted by molar-refractivity contribution is -0.231. The van der Waals surface area contributed by atoms with E-state index in [4.69, 9.17) is 9.47 Å². The number of phenols is 2. The topological polar surface area (TPSA) is 140 Å². The van der Waals surface area contributed by atoms with Gasteiger partial charge in [-0.25, -0.2) is 0 Å². The van der Waals surface area contributed by atoms with Crippen molar-refractivity contribution in [2.45, 2.75) is 30.5 Å². The Bertz CT molecular complexity index is 879. The summed E-state index contributed by atoms with van der Waals surface area (Å²) < 4.78 is 10.6. The van der Waals surface area contributed by atoms with Crippen LogP contribution in [0.1, 0.15) is 22.8 Å². The molecule has 1 aliphatic heterocycles. The summed E-state index contributed by atoms with van der Waals surface area (Å²) in [4.78, 5) is 0. The normalized spacial score (nSPS) is 27.3. The lowest BCUT2D eigenvalue weighted by Crippen LogP contribution is -2.55. The van der Waals surface area contributed by atoms with E-state index in [9.17, 15) is 30.6 Å². The van der Waals surface area contributed by atoms with Gasteiger partial charge in [0.15, 0.2) is 11.5 Å². The summed E-state index contributed by atoms with van der Waals surface area (Å²) >= 11 is 0. The Morgan fingerprint density at radius 3 is 2.34 bits per heavy atom. The predicted molar refractivity (Wildman–Crippen MR) is 104 cm³/mol. The molecule has 2 aromatic rings. The monoisotopic (exact) mass is 404 g/mol. The van der Waals surface area contributed by atoms with E-state index >= 15 is 0 Å². The molecule has 0 unspecified atom stereocenters. The molecule has 1 saturated heterocycles. The summed E-state index contributed by atoms with van der Waals surface area (Å²) in [7, 11) is 1.45. The van der Waals surface area contributed by atoms with Crippen molar-refractivity contribution in [3.8, 4) is 17.2 Å². The summed E-state index contributed by atoms with van der Waals surface area (Å²) in [5.41, 5.74) is 1.71. The van der Waals surface area contributed by atoms with E-state index in [0.29, 0.717) is 16.9 Å². The van der Waals surface area contributed by atoms with Crippen LogP contribution in [0.4, 0.5) is 0 Å². The van der Waals surface area contributed by atoms with E-state index in [1.54, 1.807) is 30.4 Å². The number of rotatable bonds is 5. The van der Waals surface area contributed by atoms with Crippen LogP contribution >= 0.6 is 0 Å². The van der Waals surface area contributed by atoms with Crippen molar-refractivity contribution in [1.29, 1.82) is 0 Å². The highest BCUT2D eigenvalue weighted by Gasteiger charge is 2.44. The Morgan fingerprint density at radius 2 is 1.66 bits per heavy atom. The standard InChI is InChI=1S/C21H24O8/c1-28-16-8-11(4-5-15(16)24)2-3-12-6-13(9-14(23)7-12)21-20(27)19(26)18(25)17(10-22)29-21/h2-9,17-27H,10H2,1H3/b3-2+/t17-,18+,19+,20+,21-/m0/s1. The summed E-state index contributed by atoms with van der Waals surface area (Å²) in [6.07, 6.45) is -3.02. The smallest absolute Gasteiger partial charge is 0.161 e. The molecule has 29 heavy (non-hydrogen) atoms. The van der Waals surface area contributed by atoms with Crippen LogP contribution < -0.4 is 4.74 Å². The van der Waals surface area contributed by atoms with Gasteiger partial charge in [-0.15, -0.1) is 0 Å². The molecule has 0 bridgehead atoms. The number of aliphatic hydroxyl groups excluding tert-OH is 4. The summed E-state index contributed by atoms with van der Waals surface area (Å²) in [5.74, 6) is 0.263. The molecule has 8 nitrogen and oxygen atoms in total. The van der Waals surface area contributed by atoms with Gasteiger partial charge in [0.2, 0.25) is 0 Å². The van der Waals surface area contributed by atoms with E-state index in [0.717, 1.165) is 5.56 Å². The zero-order valence-corrected chi connectivity index (χ0v) is 15.7. The first-order valence-corrected chi connectivity index (χ1v) is 9.03. The third-order valence-electron chi connectivity index (χ3n) is 4.86. The molecular weight excluding hydrogens is 380 g/mol. The highest BCUT2D eigenvalue weighted by molar-refractivity contribution is 5.71. The third-order valence-corrected chi connectivity index (χ3v) is 4.86. The molecular formula is C21H24O8. The number of ether oxygens (including phenoxy) is 2. The van der Waals surface area contributed by atoms with Gasteiger partial charge < -0.3 is 40.1 Å². The maximum atomic E-state index is 10.3. The van der Waals surface area contributed by atoms with Crippen molar-refractivity contribution in [2.75, 3.05) is 13.7 Å². The molecule has 156 valence electrons. The SMILES string of the molecule is COc1cc(/C=C/c2cc(O)cc([C@@H]3O[C@@H](CO)[C@@H](O)[C@@H](O)[C@H]3O)c2)ccc1O. The summed E-state index contributed by atoms with van der Waals surface area (Å²) in [6.45, 7) is -0.532. The molecule has 1 heterocycles. The zero-order chi connectivity index (χ0) is 21.1. The number of benzene rings is 2. The van der Waals surface area contributed by atoms with Gasteiger partial charge in [0, 0.05) is 0 Å². The first-order chi connectivity index (χ1) is 13.8. The van der Waals surface area contributed by atoms with Crippen LogP contribution in [0.2, 0.25) is 0 Å². The largest absolute Gasteiger partial charge is 0.508 e. The molecule has 3 rings (SSSR count). The molecule has 5 atom stereocenters. The summed E-state index contributed by atoms with van der Waals surface area (Å²) in [6, 6.07) is 9.37. The van der Waals surface area contributed by atoms with Crippen molar-refractivity contribution in [1.82, 2.24) is 0 Å². The quantitative estimate of drug-likeness (QED) is 0.402. The predicted octanol–water partition coefficient (Wildman–Crippen LogP) is 0.792. The van der Waals surface area contributed by atoms with Crippen molar-refractivity contribution in [3.63, 3.8) is 0 Å². The first kappa shape index (κ1) is 21.1. The van der Waals surface area contributed by atoms with Crippen molar-refractivity contribution < 1.29 is 40.1 Å². The number of hydrogen-bond donors (Lipinski definition) is 6. The van der Waals surface area contributed by atoms with Gasteiger partial charge in [-0.3, -0.25) is 0 Å². The second-order valence-electron chi connectivity index (χ2n) is 6.87. The molecule has 6 N–H and O–H groups in total.